The monoisotopic (exact) mass is 197 g/mol. The van der Waals surface area contributed by atoms with Gasteiger partial charge in [-0.3, -0.25) is 0 Å². The molecule has 0 bridgehead atoms. The number of nitrogens with zero attached hydrogens (tertiary/aromatic N) is 3. The zero-order valence-corrected chi connectivity index (χ0v) is 8.06. The normalized spacial score (nSPS) is 19.3. The van der Waals surface area contributed by atoms with Crippen molar-refractivity contribution in [2.75, 3.05) is 13.2 Å². The third-order valence-electron chi connectivity index (χ3n) is 2.97. The van der Waals surface area contributed by atoms with Crippen LogP contribution < -0.4 is 0 Å². The summed E-state index contributed by atoms with van der Waals surface area (Å²) in [6, 6.07) is 0. The fraction of sp³-hybridized carbons (Fsp3) is 0.778. The van der Waals surface area contributed by atoms with Gasteiger partial charge in [0.1, 0.15) is 0 Å². The maximum Gasteiger partial charge on any atom is 0.0875 e. The summed E-state index contributed by atoms with van der Waals surface area (Å²) in [4.78, 5) is 0. The van der Waals surface area contributed by atoms with Gasteiger partial charge in [0.05, 0.1) is 17.8 Å². The second-order valence-electron chi connectivity index (χ2n) is 3.86. The van der Waals surface area contributed by atoms with Crippen molar-refractivity contribution >= 4 is 0 Å². The van der Waals surface area contributed by atoms with E-state index in [0.29, 0.717) is 6.42 Å². The fourth-order valence-electron chi connectivity index (χ4n) is 1.80. The number of aromatic nitrogens is 3. The summed E-state index contributed by atoms with van der Waals surface area (Å²) in [7, 11) is 0. The molecule has 0 aliphatic heterocycles. The highest BCUT2D eigenvalue weighted by Gasteiger charge is 2.39. The van der Waals surface area contributed by atoms with E-state index in [1.807, 2.05) is 6.20 Å². The van der Waals surface area contributed by atoms with Crippen LogP contribution in [0.25, 0.3) is 0 Å². The van der Waals surface area contributed by atoms with Crippen molar-refractivity contribution in [3.63, 3.8) is 0 Å². The zero-order valence-electron chi connectivity index (χ0n) is 8.06. The quantitative estimate of drug-likeness (QED) is 0.694. The van der Waals surface area contributed by atoms with Gasteiger partial charge in [0.25, 0.3) is 0 Å². The van der Waals surface area contributed by atoms with Crippen LogP contribution in [-0.4, -0.2) is 38.4 Å². The average Bonchev–Trinajstić information content (AvgIpc) is 2.54. The molecule has 0 unspecified atom stereocenters. The van der Waals surface area contributed by atoms with Crippen LogP contribution in [0, 0.1) is 0 Å². The van der Waals surface area contributed by atoms with Crippen molar-refractivity contribution in [2.45, 2.75) is 31.2 Å². The molecule has 0 spiro atoms. The van der Waals surface area contributed by atoms with Crippen LogP contribution in [0.2, 0.25) is 0 Å². The number of hydrogen-bond donors (Lipinski definition) is 2. The van der Waals surface area contributed by atoms with E-state index in [4.69, 9.17) is 5.11 Å². The molecule has 2 rings (SSSR count). The molecule has 1 aromatic heterocycles. The molecule has 0 atom stereocenters. The largest absolute Gasteiger partial charge is 0.396 e. The summed E-state index contributed by atoms with van der Waals surface area (Å²) < 4.78 is 1.75. The van der Waals surface area contributed by atoms with Gasteiger partial charge in [0.2, 0.25) is 0 Å². The molecule has 2 N–H and O–H groups in total. The van der Waals surface area contributed by atoms with Crippen LogP contribution in [0.15, 0.2) is 6.20 Å². The van der Waals surface area contributed by atoms with Gasteiger partial charge >= 0.3 is 0 Å². The van der Waals surface area contributed by atoms with Gasteiger partial charge in [0.15, 0.2) is 0 Å². The Balaban J connectivity index is 2.15. The first-order valence-electron chi connectivity index (χ1n) is 4.94. The minimum Gasteiger partial charge on any atom is -0.396 e. The Bertz CT molecular complexity index is 301. The molecule has 0 amide bonds. The molecule has 0 saturated heterocycles. The van der Waals surface area contributed by atoms with Gasteiger partial charge in [0, 0.05) is 19.2 Å². The summed E-state index contributed by atoms with van der Waals surface area (Å²) in [5.74, 6) is 0. The predicted octanol–water partition coefficient (Wildman–Crippen LogP) is -0.316. The maximum absolute atomic E-state index is 9.29. The Labute approximate surface area is 82.4 Å². The lowest BCUT2D eigenvalue weighted by atomic mass is 9.77. The zero-order chi connectivity index (χ0) is 10.0. The van der Waals surface area contributed by atoms with E-state index in [1.54, 1.807) is 4.68 Å². The van der Waals surface area contributed by atoms with Crippen LogP contribution >= 0.6 is 0 Å². The van der Waals surface area contributed by atoms with E-state index in [1.165, 1.54) is 0 Å². The Kier molecular flexibility index (Phi) is 2.52. The van der Waals surface area contributed by atoms with E-state index in [2.05, 4.69) is 10.3 Å². The van der Waals surface area contributed by atoms with E-state index in [9.17, 15) is 5.11 Å². The highest BCUT2D eigenvalue weighted by atomic mass is 16.3. The predicted molar refractivity (Wildman–Crippen MR) is 49.7 cm³/mol. The van der Waals surface area contributed by atoms with Crippen LogP contribution in [0.3, 0.4) is 0 Å². The Morgan fingerprint density at radius 2 is 2.21 bits per heavy atom. The van der Waals surface area contributed by atoms with Crippen LogP contribution in [0.1, 0.15) is 25.0 Å². The second-order valence-corrected chi connectivity index (χ2v) is 3.86. The Morgan fingerprint density at radius 3 is 2.71 bits per heavy atom. The highest BCUT2D eigenvalue weighted by Crippen LogP contribution is 2.37. The van der Waals surface area contributed by atoms with Crippen molar-refractivity contribution in [1.29, 1.82) is 0 Å². The molecule has 5 nitrogen and oxygen atoms in total. The lowest BCUT2D eigenvalue weighted by Crippen LogP contribution is -2.44. The van der Waals surface area contributed by atoms with E-state index in [-0.39, 0.29) is 18.8 Å². The molecule has 1 aromatic rings. The van der Waals surface area contributed by atoms with Gasteiger partial charge in [-0.15, -0.1) is 5.10 Å². The van der Waals surface area contributed by atoms with E-state index >= 15 is 0 Å². The number of hydrogen-bond acceptors (Lipinski definition) is 4. The first-order valence-corrected chi connectivity index (χ1v) is 4.94. The van der Waals surface area contributed by atoms with Crippen LogP contribution in [0.4, 0.5) is 0 Å². The molecule has 1 heterocycles. The number of aliphatic hydroxyl groups is 2. The van der Waals surface area contributed by atoms with Crippen LogP contribution in [-0.2, 0) is 12.0 Å². The third kappa shape index (κ3) is 1.42. The topological polar surface area (TPSA) is 71.2 Å². The summed E-state index contributed by atoms with van der Waals surface area (Å²) in [6.07, 6.45) is 5.42. The standard InChI is InChI=1S/C9H15N3O2/c13-5-2-8-6-12(11-10-8)9(7-14)3-1-4-9/h6,13-14H,1-5,7H2. The van der Waals surface area contributed by atoms with Gasteiger partial charge in [-0.05, 0) is 19.3 Å². The first kappa shape index (κ1) is 9.61. The second kappa shape index (κ2) is 3.67. The van der Waals surface area contributed by atoms with Crippen molar-refractivity contribution in [3.8, 4) is 0 Å². The fourth-order valence-corrected chi connectivity index (χ4v) is 1.80. The maximum atomic E-state index is 9.29. The van der Waals surface area contributed by atoms with Gasteiger partial charge in [-0.1, -0.05) is 5.21 Å². The van der Waals surface area contributed by atoms with Gasteiger partial charge < -0.3 is 10.2 Å². The minimum atomic E-state index is -0.208. The smallest absolute Gasteiger partial charge is 0.0875 e. The lowest BCUT2D eigenvalue weighted by Gasteiger charge is -2.39. The molecule has 1 aliphatic rings. The highest BCUT2D eigenvalue weighted by molar-refractivity contribution is 5.00. The summed E-state index contributed by atoms with van der Waals surface area (Å²) in [5, 5.41) is 26.0. The molecule has 1 fully saturated rings. The lowest BCUT2D eigenvalue weighted by molar-refractivity contribution is 0.0421. The first-order chi connectivity index (χ1) is 6.80. The number of rotatable bonds is 4. The number of aliphatic hydroxyl groups excluding tert-OH is 2. The molecule has 0 radical (unpaired) electrons. The minimum absolute atomic E-state index is 0.0881. The SMILES string of the molecule is OCCc1cn(C2(CO)CCC2)nn1. The summed E-state index contributed by atoms with van der Waals surface area (Å²) in [5.41, 5.74) is 0.577. The van der Waals surface area contributed by atoms with Gasteiger partial charge in [-0.2, -0.15) is 0 Å². The molecule has 5 heteroatoms. The molecule has 14 heavy (non-hydrogen) atoms. The molecular formula is C9H15N3O2. The molecule has 1 saturated carbocycles. The van der Waals surface area contributed by atoms with E-state index in [0.717, 1.165) is 25.0 Å². The summed E-state index contributed by atoms with van der Waals surface area (Å²) >= 11 is 0. The molecule has 0 aromatic carbocycles. The van der Waals surface area contributed by atoms with E-state index < -0.39 is 0 Å². The van der Waals surface area contributed by atoms with Gasteiger partial charge in [-0.25, -0.2) is 4.68 Å². The van der Waals surface area contributed by atoms with Crippen molar-refractivity contribution in [1.82, 2.24) is 15.0 Å². The average molecular weight is 197 g/mol. The van der Waals surface area contributed by atoms with Crippen molar-refractivity contribution < 1.29 is 10.2 Å². The third-order valence-corrected chi connectivity index (χ3v) is 2.97. The molecular weight excluding hydrogens is 182 g/mol. The molecule has 78 valence electrons. The van der Waals surface area contributed by atoms with Crippen molar-refractivity contribution in [2.24, 2.45) is 0 Å². The Hall–Kier alpha value is -0.940. The van der Waals surface area contributed by atoms with Crippen molar-refractivity contribution in [3.05, 3.63) is 11.9 Å². The summed E-state index contributed by atoms with van der Waals surface area (Å²) in [6.45, 7) is 0.208. The van der Waals surface area contributed by atoms with Crippen LogP contribution in [0.5, 0.6) is 0 Å². The Morgan fingerprint density at radius 1 is 1.43 bits per heavy atom. The molecule has 1 aliphatic carbocycles.